The average molecular weight is 473 g/mol. The van der Waals surface area contributed by atoms with Crippen molar-refractivity contribution in [3.8, 4) is 0 Å². The second kappa shape index (κ2) is 12.7. The minimum atomic E-state index is -0.920. The summed E-state index contributed by atoms with van der Waals surface area (Å²) in [7, 11) is 0. The molecule has 4 N–H and O–H groups in total. The lowest BCUT2D eigenvalue weighted by molar-refractivity contribution is -0.124. The van der Waals surface area contributed by atoms with Crippen molar-refractivity contribution in [1.82, 2.24) is 5.32 Å². The molecule has 0 aliphatic heterocycles. The molecule has 0 fully saturated rings. The van der Waals surface area contributed by atoms with Crippen LogP contribution in [0.15, 0.2) is 91.0 Å². The molecule has 1 unspecified atom stereocenters. The van der Waals surface area contributed by atoms with E-state index < -0.39 is 23.6 Å². The number of hydrogen-bond donors (Lipinski definition) is 3. The third-order valence-electron chi connectivity index (χ3n) is 6.77. The Morgan fingerprint density at radius 1 is 0.857 bits per heavy atom. The summed E-state index contributed by atoms with van der Waals surface area (Å²) in [4.78, 5) is 13.1. The number of carbonyl (C=O) groups is 1. The average Bonchev–Trinajstić information content (AvgIpc) is 2.88. The number of nitrogens with two attached hydrogens (primary N) is 1. The van der Waals surface area contributed by atoms with Gasteiger partial charge in [0.05, 0.1) is 23.6 Å². The van der Waals surface area contributed by atoms with Crippen LogP contribution in [-0.4, -0.2) is 29.2 Å². The van der Waals surface area contributed by atoms with E-state index in [1.54, 1.807) is 0 Å². The first-order chi connectivity index (χ1) is 16.9. The minimum Gasteiger partial charge on any atom is -0.389 e. The fourth-order valence-corrected chi connectivity index (χ4v) is 5.05. The molecule has 3 aromatic carbocycles. The molecule has 0 aliphatic rings. The maximum Gasteiger partial charge on any atom is 0.237 e. The highest BCUT2D eigenvalue weighted by molar-refractivity contribution is 5.81. The number of aliphatic hydroxyl groups is 1. The molecular formula is C31H40N2O2. The highest BCUT2D eigenvalue weighted by Crippen LogP contribution is 2.43. The standard InChI is InChI=1S/C31H40N2O2/c1-4-5-21-28(33-30(35)27(32)22-23(2)3)29(34)31(24-15-9-6-10-16-24,25-17-11-7-12-18-25)26-19-13-8-14-20-26/h6-20,23,27-29,34H,4-5,21-22,32H2,1-3H3,(H,33,35)/t27-,28-,29?/m0/s1. The minimum absolute atomic E-state index is 0.207. The number of rotatable bonds is 12. The zero-order chi connectivity index (χ0) is 25.3. The van der Waals surface area contributed by atoms with Crippen LogP contribution in [0.1, 0.15) is 63.1 Å². The van der Waals surface area contributed by atoms with E-state index >= 15 is 0 Å². The summed E-state index contributed by atoms with van der Waals surface area (Å²) in [6.07, 6.45) is 2.19. The zero-order valence-electron chi connectivity index (χ0n) is 21.2. The zero-order valence-corrected chi connectivity index (χ0v) is 21.2. The SMILES string of the molecule is CCCC[C@H](NC(=O)[C@@H](N)CC(C)C)C(O)C(c1ccccc1)(c1ccccc1)c1ccccc1. The van der Waals surface area contributed by atoms with Crippen molar-refractivity contribution in [2.75, 3.05) is 0 Å². The summed E-state index contributed by atoms with van der Waals surface area (Å²) in [5.74, 6) is 0.105. The van der Waals surface area contributed by atoms with E-state index in [2.05, 4.69) is 62.5 Å². The van der Waals surface area contributed by atoms with Crippen molar-refractivity contribution >= 4 is 5.91 Å². The van der Waals surface area contributed by atoms with Crippen molar-refractivity contribution in [2.24, 2.45) is 11.7 Å². The lowest BCUT2D eigenvalue weighted by atomic mass is 9.63. The van der Waals surface area contributed by atoms with Gasteiger partial charge in [0.2, 0.25) is 5.91 Å². The van der Waals surface area contributed by atoms with Crippen LogP contribution in [0.4, 0.5) is 0 Å². The third-order valence-corrected chi connectivity index (χ3v) is 6.77. The van der Waals surface area contributed by atoms with Gasteiger partial charge >= 0.3 is 0 Å². The van der Waals surface area contributed by atoms with Crippen molar-refractivity contribution in [3.63, 3.8) is 0 Å². The molecular weight excluding hydrogens is 432 g/mol. The Kier molecular flexibility index (Phi) is 9.64. The Hall–Kier alpha value is -2.95. The monoisotopic (exact) mass is 472 g/mol. The number of aliphatic hydroxyl groups excluding tert-OH is 1. The summed E-state index contributed by atoms with van der Waals surface area (Å²) in [6, 6.07) is 29.3. The molecule has 0 aromatic heterocycles. The molecule has 0 saturated heterocycles. The quantitative estimate of drug-likeness (QED) is 0.308. The van der Waals surface area contributed by atoms with Crippen molar-refractivity contribution in [1.29, 1.82) is 0 Å². The van der Waals surface area contributed by atoms with Crippen LogP contribution in [0.2, 0.25) is 0 Å². The lowest BCUT2D eigenvalue weighted by Gasteiger charge is -2.43. The van der Waals surface area contributed by atoms with Crippen molar-refractivity contribution in [2.45, 2.75) is 70.1 Å². The van der Waals surface area contributed by atoms with E-state index in [0.29, 0.717) is 18.8 Å². The fraction of sp³-hybridized carbons (Fsp3) is 0.387. The van der Waals surface area contributed by atoms with E-state index in [9.17, 15) is 9.90 Å². The van der Waals surface area contributed by atoms with Crippen LogP contribution in [0.3, 0.4) is 0 Å². The molecule has 0 bridgehead atoms. The summed E-state index contributed by atoms with van der Waals surface area (Å²) >= 11 is 0. The van der Waals surface area contributed by atoms with E-state index in [1.807, 2.05) is 54.6 Å². The topological polar surface area (TPSA) is 75.4 Å². The molecule has 1 amide bonds. The lowest BCUT2D eigenvalue weighted by Crippen LogP contribution is -2.57. The number of nitrogens with one attached hydrogen (secondary N) is 1. The molecule has 186 valence electrons. The van der Waals surface area contributed by atoms with E-state index in [1.165, 1.54) is 0 Å². The van der Waals surface area contributed by atoms with Crippen LogP contribution in [0.25, 0.3) is 0 Å². The molecule has 4 nitrogen and oxygen atoms in total. The first-order valence-electron chi connectivity index (χ1n) is 12.8. The molecule has 3 rings (SSSR count). The first kappa shape index (κ1) is 26.7. The largest absolute Gasteiger partial charge is 0.389 e. The van der Waals surface area contributed by atoms with Gasteiger partial charge in [0.15, 0.2) is 0 Å². The molecule has 3 atom stereocenters. The maximum absolute atomic E-state index is 13.1. The Morgan fingerprint density at radius 3 is 1.66 bits per heavy atom. The van der Waals surface area contributed by atoms with Gasteiger partial charge in [-0.2, -0.15) is 0 Å². The van der Waals surface area contributed by atoms with Gasteiger partial charge < -0.3 is 16.2 Å². The predicted molar refractivity (Wildman–Crippen MR) is 144 cm³/mol. The molecule has 0 saturated carbocycles. The summed E-state index contributed by atoms with van der Waals surface area (Å²) in [5, 5.41) is 15.5. The van der Waals surface area contributed by atoms with Crippen molar-refractivity contribution < 1.29 is 9.90 Å². The molecule has 0 aliphatic carbocycles. The molecule has 0 radical (unpaired) electrons. The van der Waals surface area contributed by atoms with Gasteiger partial charge in [0, 0.05) is 0 Å². The van der Waals surface area contributed by atoms with Crippen LogP contribution < -0.4 is 11.1 Å². The van der Waals surface area contributed by atoms with E-state index in [-0.39, 0.29) is 5.91 Å². The molecule has 3 aromatic rings. The summed E-state index contributed by atoms with van der Waals surface area (Å²) in [6.45, 7) is 6.23. The molecule has 0 spiro atoms. The number of carbonyl (C=O) groups excluding carboxylic acids is 1. The Labute approximate surface area is 210 Å². The predicted octanol–water partition coefficient (Wildman–Crippen LogP) is 5.43. The van der Waals surface area contributed by atoms with Gasteiger partial charge in [-0.05, 0) is 35.4 Å². The van der Waals surface area contributed by atoms with E-state index in [4.69, 9.17) is 5.73 Å². The third kappa shape index (κ3) is 6.19. The summed E-state index contributed by atoms with van der Waals surface area (Å²) < 4.78 is 0. The normalized spacial score (nSPS) is 14.3. The highest BCUT2D eigenvalue weighted by atomic mass is 16.3. The smallest absolute Gasteiger partial charge is 0.237 e. The highest BCUT2D eigenvalue weighted by Gasteiger charge is 2.46. The van der Waals surface area contributed by atoms with Gasteiger partial charge in [0.1, 0.15) is 0 Å². The number of hydrogen-bond acceptors (Lipinski definition) is 3. The number of benzene rings is 3. The molecule has 35 heavy (non-hydrogen) atoms. The number of unbranched alkanes of at least 4 members (excludes halogenated alkanes) is 1. The van der Waals surface area contributed by atoms with E-state index in [0.717, 1.165) is 29.5 Å². The van der Waals surface area contributed by atoms with Gasteiger partial charge in [-0.25, -0.2) is 0 Å². The Bertz CT molecular complexity index is 925. The van der Waals surface area contributed by atoms with Crippen LogP contribution in [0, 0.1) is 5.92 Å². The second-order valence-corrected chi connectivity index (χ2v) is 9.84. The Morgan fingerprint density at radius 2 is 1.29 bits per heavy atom. The Balaban J connectivity index is 2.17. The van der Waals surface area contributed by atoms with Crippen LogP contribution >= 0.6 is 0 Å². The number of amides is 1. The maximum atomic E-state index is 13.1. The van der Waals surface area contributed by atoms with Gasteiger partial charge in [-0.15, -0.1) is 0 Å². The van der Waals surface area contributed by atoms with Crippen molar-refractivity contribution in [3.05, 3.63) is 108 Å². The molecule has 4 heteroatoms. The van der Waals surface area contributed by atoms with Crippen LogP contribution in [0.5, 0.6) is 0 Å². The second-order valence-electron chi connectivity index (χ2n) is 9.84. The first-order valence-corrected chi connectivity index (χ1v) is 12.8. The van der Waals surface area contributed by atoms with Crippen LogP contribution in [-0.2, 0) is 10.2 Å². The van der Waals surface area contributed by atoms with Gasteiger partial charge in [-0.3, -0.25) is 4.79 Å². The fourth-order valence-electron chi connectivity index (χ4n) is 5.05. The van der Waals surface area contributed by atoms with Gasteiger partial charge in [0.25, 0.3) is 0 Å². The van der Waals surface area contributed by atoms with Gasteiger partial charge in [-0.1, -0.05) is 125 Å². The summed E-state index contributed by atoms with van der Waals surface area (Å²) in [5.41, 5.74) is 8.30. The molecule has 0 heterocycles.